The van der Waals surface area contributed by atoms with Gasteiger partial charge < -0.3 is 9.57 Å². The van der Waals surface area contributed by atoms with Gasteiger partial charge in [-0.2, -0.15) is 0 Å². The molecule has 1 radical (unpaired) electrons. The third kappa shape index (κ3) is 4.23. The lowest BCUT2D eigenvalue weighted by Crippen LogP contribution is -1.89. The number of nitrogens with zero attached hydrogens (tertiary/aromatic N) is 1. The van der Waals surface area contributed by atoms with E-state index >= 15 is 0 Å². The fourth-order valence-corrected chi connectivity index (χ4v) is 2.28. The average Bonchev–Trinajstić information content (AvgIpc) is 2.67. The van der Waals surface area contributed by atoms with Crippen LogP contribution in [0.1, 0.15) is 11.1 Å². The third-order valence-electron chi connectivity index (χ3n) is 3.62. The quantitative estimate of drug-likeness (QED) is 0.483. The van der Waals surface area contributed by atoms with Gasteiger partial charge in [0.15, 0.2) is 0 Å². The van der Waals surface area contributed by atoms with Gasteiger partial charge in [0.2, 0.25) is 0 Å². The smallest absolute Gasteiger partial charge is 0.142 e. The maximum absolute atomic E-state index is 5.31. The van der Waals surface area contributed by atoms with Crippen molar-refractivity contribution in [2.45, 2.75) is 6.61 Å². The standard InChI is InChI=1S/C21H18NO2/c1-23-21-13-9-17(10-14-21)15-22-24-16-18-7-11-20(12-8-18)19-5-3-2-4-6-19/h2-14H,16H2,1H3. The van der Waals surface area contributed by atoms with Gasteiger partial charge in [0.05, 0.1) is 7.11 Å². The van der Waals surface area contributed by atoms with Crippen LogP contribution in [0.2, 0.25) is 0 Å². The van der Waals surface area contributed by atoms with Crippen LogP contribution in [0.3, 0.4) is 0 Å². The molecule has 0 saturated heterocycles. The van der Waals surface area contributed by atoms with Crippen molar-refractivity contribution in [3.05, 3.63) is 90.0 Å². The first kappa shape index (κ1) is 15.8. The van der Waals surface area contributed by atoms with Crippen molar-refractivity contribution in [1.82, 2.24) is 0 Å². The average molecular weight is 316 g/mol. The Hall–Kier alpha value is -3.07. The summed E-state index contributed by atoms with van der Waals surface area (Å²) in [5.41, 5.74) is 4.30. The molecule has 0 unspecified atom stereocenters. The summed E-state index contributed by atoms with van der Waals surface area (Å²) in [7, 11) is 1.64. The molecular weight excluding hydrogens is 298 g/mol. The Kier molecular flexibility index (Phi) is 5.25. The van der Waals surface area contributed by atoms with Crippen LogP contribution in [-0.4, -0.2) is 13.3 Å². The van der Waals surface area contributed by atoms with Gasteiger partial charge in [-0.05, 0) is 41.0 Å². The van der Waals surface area contributed by atoms with Crippen LogP contribution in [-0.2, 0) is 11.4 Å². The summed E-state index contributed by atoms with van der Waals surface area (Å²) in [6.45, 7) is 0.415. The van der Waals surface area contributed by atoms with Crippen LogP contribution in [0, 0.1) is 0 Å². The Bertz CT molecular complexity index is 778. The van der Waals surface area contributed by atoms with E-state index in [1.165, 1.54) is 11.1 Å². The molecule has 3 aromatic carbocycles. The number of methoxy groups -OCH3 is 1. The molecule has 0 saturated carbocycles. The normalized spacial score (nSPS) is 10.7. The van der Waals surface area contributed by atoms with E-state index < -0.39 is 0 Å². The summed E-state index contributed by atoms with van der Waals surface area (Å²) in [6.07, 6.45) is 2.85. The van der Waals surface area contributed by atoms with Gasteiger partial charge in [-0.1, -0.05) is 59.8 Å². The fourth-order valence-electron chi connectivity index (χ4n) is 2.28. The maximum Gasteiger partial charge on any atom is 0.142 e. The first-order valence-electron chi connectivity index (χ1n) is 7.71. The van der Waals surface area contributed by atoms with Crippen molar-refractivity contribution in [1.29, 1.82) is 0 Å². The van der Waals surface area contributed by atoms with Gasteiger partial charge in [0, 0.05) is 5.56 Å². The number of rotatable bonds is 6. The molecule has 0 amide bonds. The molecule has 0 aliphatic heterocycles. The van der Waals surface area contributed by atoms with Gasteiger partial charge >= 0.3 is 0 Å². The lowest BCUT2D eigenvalue weighted by Gasteiger charge is -2.04. The zero-order chi connectivity index (χ0) is 16.6. The molecule has 0 N–H and O–H groups in total. The molecule has 0 heterocycles. The van der Waals surface area contributed by atoms with Gasteiger partial charge in [-0.3, -0.25) is 0 Å². The van der Waals surface area contributed by atoms with Crippen LogP contribution in [0.15, 0.2) is 84.0 Å². The number of ether oxygens (including phenoxy) is 1. The minimum absolute atomic E-state index is 0.415. The molecule has 0 spiro atoms. The van der Waals surface area contributed by atoms with Crippen LogP contribution >= 0.6 is 0 Å². The van der Waals surface area contributed by atoms with Crippen molar-refractivity contribution in [3.8, 4) is 16.9 Å². The Balaban J connectivity index is 1.54. The van der Waals surface area contributed by atoms with E-state index in [-0.39, 0.29) is 0 Å². The molecule has 3 rings (SSSR count). The summed E-state index contributed by atoms with van der Waals surface area (Å²) in [4.78, 5) is 5.31. The van der Waals surface area contributed by atoms with E-state index in [0.717, 1.165) is 16.9 Å². The largest absolute Gasteiger partial charge is 0.497 e. The topological polar surface area (TPSA) is 30.8 Å². The summed E-state index contributed by atoms with van der Waals surface area (Å²) in [5.74, 6) is 0.806. The first-order valence-corrected chi connectivity index (χ1v) is 7.71. The van der Waals surface area contributed by atoms with Gasteiger partial charge in [0.1, 0.15) is 18.6 Å². The van der Waals surface area contributed by atoms with Gasteiger partial charge in [0.25, 0.3) is 0 Å². The van der Waals surface area contributed by atoms with Crippen molar-refractivity contribution in [2.24, 2.45) is 5.16 Å². The van der Waals surface area contributed by atoms with Crippen LogP contribution in [0.5, 0.6) is 5.75 Å². The van der Waals surface area contributed by atoms with Crippen molar-refractivity contribution in [2.75, 3.05) is 7.11 Å². The molecular formula is C21H18NO2. The van der Waals surface area contributed by atoms with Crippen molar-refractivity contribution >= 4 is 6.21 Å². The van der Waals surface area contributed by atoms with Crippen molar-refractivity contribution in [3.63, 3.8) is 0 Å². The Labute approximate surface area is 142 Å². The second kappa shape index (κ2) is 7.97. The number of benzene rings is 3. The zero-order valence-electron chi connectivity index (χ0n) is 13.5. The van der Waals surface area contributed by atoms with Gasteiger partial charge in [-0.15, -0.1) is 0 Å². The molecule has 0 aliphatic carbocycles. The predicted octanol–water partition coefficient (Wildman–Crippen LogP) is 4.79. The third-order valence-corrected chi connectivity index (χ3v) is 3.62. The van der Waals surface area contributed by atoms with E-state index in [2.05, 4.69) is 35.6 Å². The molecule has 3 nitrogen and oxygen atoms in total. The summed E-state index contributed by atoms with van der Waals surface area (Å²) in [6, 6.07) is 26.0. The lowest BCUT2D eigenvalue weighted by atomic mass is 10.0. The summed E-state index contributed by atoms with van der Waals surface area (Å²) in [5, 5.41) is 3.88. The minimum Gasteiger partial charge on any atom is -0.497 e. The Morgan fingerprint density at radius 1 is 0.792 bits per heavy atom. The Morgan fingerprint density at radius 3 is 2.12 bits per heavy atom. The van der Waals surface area contributed by atoms with Crippen LogP contribution in [0.25, 0.3) is 11.1 Å². The molecule has 3 aromatic rings. The van der Waals surface area contributed by atoms with E-state index in [4.69, 9.17) is 9.57 Å². The second-order valence-electron chi connectivity index (χ2n) is 5.27. The van der Waals surface area contributed by atoms with E-state index in [0.29, 0.717) is 6.61 Å². The molecule has 0 fully saturated rings. The highest BCUT2D eigenvalue weighted by Gasteiger charge is 1.98. The molecule has 0 atom stereocenters. The summed E-state index contributed by atoms with van der Waals surface area (Å²) >= 11 is 0. The zero-order valence-corrected chi connectivity index (χ0v) is 13.5. The molecule has 0 bridgehead atoms. The Morgan fingerprint density at radius 2 is 1.46 bits per heavy atom. The highest BCUT2D eigenvalue weighted by molar-refractivity contribution is 5.79. The number of hydrogen-bond acceptors (Lipinski definition) is 3. The van der Waals surface area contributed by atoms with E-state index in [1.807, 2.05) is 54.6 Å². The highest BCUT2D eigenvalue weighted by atomic mass is 16.6. The molecule has 24 heavy (non-hydrogen) atoms. The lowest BCUT2D eigenvalue weighted by molar-refractivity contribution is 0.132. The van der Waals surface area contributed by atoms with Crippen LogP contribution < -0.4 is 4.74 Å². The molecule has 3 heteroatoms. The summed E-state index contributed by atoms with van der Waals surface area (Å²) < 4.78 is 5.10. The van der Waals surface area contributed by atoms with Crippen LogP contribution in [0.4, 0.5) is 0 Å². The van der Waals surface area contributed by atoms with E-state index in [1.54, 1.807) is 7.11 Å². The second-order valence-corrected chi connectivity index (χ2v) is 5.27. The van der Waals surface area contributed by atoms with Gasteiger partial charge in [-0.25, -0.2) is 0 Å². The maximum atomic E-state index is 5.31. The van der Waals surface area contributed by atoms with Crippen molar-refractivity contribution < 1.29 is 9.57 Å². The first-order chi connectivity index (χ1) is 11.8. The van der Waals surface area contributed by atoms with E-state index in [9.17, 15) is 0 Å². The molecule has 0 aliphatic rings. The SMILES string of the molecule is COc1ccc(/[C]=N\OCc2ccc(-c3ccccc3)cc2)cc1. The minimum atomic E-state index is 0.415. The molecule has 119 valence electrons. The molecule has 0 aromatic heterocycles. The monoisotopic (exact) mass is 316 g/mol. The number of hydrogen-bond donors (Lipinski definition) is 0. The highest BCUT2D eigenvalue weighted by Crippen LogP contribution is 2.19. The predicted molar refractivity (Wildman–Crippen MR) is 96.2 cm³/mol. The fraction of sp³-hybridized carbons (Fsp3) is 0.0952.